The van der Waals surface area contributed by atoms with Gasteiger partial charge >= 0.3 is 0 Å². The Morgan fingerprint density at radius 2 is 2.25 bits per heavy atom. The number of hydrogen-bond donors (Lipinski definition) is 0. The third-order valence-corrected chi connectivity index (χ3v) is 5.14. The third-order valence-electron chi connectivity index (χ3n) is 4.16. The summed E-state index contributed by atoms with van der Waals surface area (Å²) in [5.41, 5.74) is 1.12. The zero-order chi connectivity index (χ0) is 16.7. The summed E-state index contributed by atoms with van der Waals surface area (Å²) in [4.78, 5) is 7.96. The summed E-state index contributed by atoms with van der Waals surface area (Å²) in [5.74, 6) is 0. The number of hydrogen-bond acceptors (Lipinski definition) is 6. The Labute approximate surface area is 144 Å². The van der Waals surface area contributed by atoms with Crippen LogP contribution in [0.4, 0.5) is 5.13 Å². The topological polar surface area (TPSA) is 60.5 Å². The maximum Gasteiger partial charge on any atom is 0.214 e. The molecule has 1 aliphatic heterocycles. The lowest BCUT2D eigenvalue weighted by Gasteiger charge is -2.32. The summed E-state index contributed by atoms with van der Waals surface area (Å²) in [6.07, 6.45) is 5.92. The molecule has 1 saturated heterocycles. The minimum atomic E-state index is 0.0431. The van der Waals surface area contributed by atoms with E-state index in [0.717, 1.165) is 35.4 Å². The van der Waals surface area contributed by atoms with Crippen LogP contribution in [0.3, 0.4) is 0 Å². The Balaban J connectivity index is 1.50. The number of aromatic nitrogens is 5. The molecule has 0 radical (unpaired) electrons. The summed E-state index contributed by atoms with van der Waals surface area (Å²) in [6, 6.07) is 1.93. The molecule has 0 amide bonds. The van der Waals surface area contributed by atoms with E-state index in [9.17, 15) is 0 Å². The van der Waals surface area contributed by atoms with Gasteiger partial charge in [-0.15, -0.1) is 5.10 Å². The molecule has 0 saturated carbocycles. The zero-order valence-electron chi connectivity index (χ0n) is 14.2. The van der Waals surface area contributed by atoms with Crippen LogP contribution in [-0.2, 0) is 16.7 Å². The Kier molecular flexibility index (Phi) is 3.80. The van der Waals surface area contributed by atoms with E-state index in [1.165, 1.54) is 0 Å². The standard InChI is InChI=1S/C16H22N6OS/c1-16(2,3)13-11-22-14(18-13)24-15(19-22)20-7-8-23-12(9-20)10-21-6-4-5-17-21/h4-6,11-12H,7-10H2,1-3H3/t12-/m1/s1. The van der Waals surface area contributed by atoms with Crippen LogP contribution < -0.4 is 4.90 Å². The number of nitrogens with zero attached hydrogens (tertiary/aromatic N) is 6. The van der Waals surface area contributed by atoms with E-state index in [4.69, 9.17) is 14.8 Å². The first-order chi connectivity index (χ1) is 11.5. The van der Waals surface area contributed by atoms with Crippen molar-refractivity contribution in [3.8, 4) is 0 Å². The number of ether oxygens (including phenoxy) is 1. The van der Waals surface area contributed by atoms with E-state index >= 15 is 0 Å². The van der Waals surface area contributed by atoms with Gasteiger partial charge in [0.25, 0.3) is 0 Å². The molecule has 0 unspecified atom stereocenters. The molecule has 0 aromatic carbocycles. The summed E-state index contributed by atoms with van der Waals surface area (Å²) in [6.45, 7) is 9.66. The number of anilines is 1. The quantitative estimate of drug-likeness (QED) is 0.727. The predicted molar refractivity (Wildman–Crippen MR) is 93.7 cm³/mol. The van der Waals surface area contributed by atoms with E-state index in [1.807, 2.05) is 27.7 Å². The van der Waals surface area contributed by atoms with Gasteiger partial charge in [-0.2, -0.15) is 5.10 Å². The second-order valence-corrected chi connectivity index (χ2v) is 8.09. The highest BCUT2D eigenvalue weighted by Crippen LogP contribution is 2.28. The molecule has 8 heteroatoms. The lowest BCUT2D eigenvalue weighted by molar-refractivity contribution is 0.0274. The van der Waals surface area contributed by atoms with Gasteiger partial charge in [-0.25, -0.2) is 9.50 Å². The van der Waals surface area contributed by atoms with E-state index < -0.39 is 0 Å². The van der Waals surface area contributed by atoms with Gasteiger partial charge in [0, 0.05) is 30.9 Å². The fourth-order valence-electron chi connectivity index (χ4n) is 2.80. The van der Waals surface area contributed by atoms with Crippen molar-refractivity contribution < 1.29 is 4.74 Å². The molecule has 0 N–H and O–H groups in total. The molecule has 3 aromatic heterocycles. The molecule has 4 heterocycles. The van der Waals surface area contributed by atoms with Crippen molar-refractivity contribution >= 4 is 21.4 Å². The molecular formula is C16H22N6OS. The molecule has 1 atom stereocenters. The van der Waals surface area contributed by atoms with Gasteiger partial charge in [-0.05, 0) is 6.07 Å². The molecule has 1 aliphatic rings. The highest BCUT2D eigenvalue weighted by atomic mass is 32.1. The molecule has 24 heavy (non-hydrogen) atoms. The molecule has 4 rings (SSSR count). The molecule has 0 bridgehead atoms. The first-order valence-corrected chi connectivity index (χ1v) is 9.01. The average Bonchev–Trinajstić information content (AvgIpc) is 3.21. The Morgan fingerprint density at radius 3 is 2.96 bits per heavy atom. The average molecular weight is 346 g/mol. The molecule has 7 nitrogen and oxygen atoms in total. The first kappa shape index (κ1) is 15.6. The van der Waals surface area contributed by atoms with Crippen LogP contribution in [0.2, 0.25) is 0 Å². The molecule has 1 fully saturated rings. The van der Waals surface area contributed by atoms with Gasteiger partial charge in [-0.3, -0.25) is 4.68 Å². The number of imidazole rings is 1. The summed E-state index contributed by atoms with van der Waals surface area (Å²) in [5, 5.41) is 9.99. The molecular weight excluding hydrogens is 324 g/mol. The smallest absolute Gasteiger partial charge is 0.214 e. The Bertz CT molecular complexity index is 784. The van der Waals surface area contributed by atoms with Crippen molar-refractivity contribution in [1.29, 1.82) is 0 Å². The van der Waals surface area contributed by atoms with Gasteiger partial charge in [0.05, 0.1) is 31.1 Å². The molecule has 0 spiro atoms. The SMILES string of the molecule is CC(C)(C)c1cn2nc(N3CCO[C@@H](Cn4cccn4)C3)sc2n1. The van der Waals surface area contributed by atoms with Gasteiger partial charge in [0.2, 0.25) is 10.1 Å². The Morgan fingerprint density at radius 1 is 1.38 bits per heavy atom. The molecule has 0 aliphatic carbocycles. The largest absolute Gasteiger partial charge is 0.373 e. The molecule has 128 valence electrons. The van der Waals surface area contributed by atoms with E-state index in [2.05, 4.69) is 30.8 Å². The minimum absolute atomic E-state index is 0.0431. The van der Waals surface area contributed by atoms with Gasteiger partial charge in [0.15, 0.2) is 0 Å². The van der Waals surface area contributed by atoms with Gasteiger partial charge in [-0.1, -0.05) is 32.1 Å². The monoisotopic (exact) mass is 346 g/mol. The van der Waals surface area contributed by atoms with E-state index in [-0.39, 0.29) is 11.5 Å². The van der Waals surface area contributed by atoms with E-state index in [0.29, 0.717) is 6.61 Å². The highest BCUT2D eigenvalue weighted by molar-refractivity contribution is 7.20. The van der Waals surface area contributed by atoms with Crippen molar-refractivity contribution in [2.24, 2.45) is 0 Å². The van der Waals surface area contributed by atoms with Crippen LogP contribution in [0.25, 0.3) is 4.96 Å². The first-order valence-electron chi connectivity index (χ1n) is 8.20. The van der Waals surface area contributed by atoms with Gasteiger partial charge < -0.3 is 9.64 Å². The maximum absolute atomic E-state index is 5.87. The normalized spacial score (nSPS) is 19.3. The van der Waals surface area contributed by atoms with Crippen molar-refractivity contribution in [2.75, 3.05) is 24.6 Å². The fraction of sp³-hybridized carbons (Fsp3) is 0.562. The lowest BCUT2D eigenvalue weighted by atomic mass is 9.93. The van der Waals surface area contributed by atoms with Crippen LogP contribution in [0.5, 0.6) is 0 Å². The Hall–Kier alpha value is -1.93. The van der Waals surface area contributed by atoms with Crippen molar-refractivity contribution in [2.45, 2.75) is 38.8 Å². The number of rotatable bonds is 3. The van der Waals surface area contributed by atoms with Crippen LogP contribution >= 0.6 is 11.3 Å². The highest BCUT2D eigenvalue weighted by Gasteiger charge is 2.25. The second-order valence-electron chi connectivity index (χ2n) is 7.15. The summed E-state index contributed by atoms with van der Waals surface area (Å²) in [7, 11) is 0. The molecule has 3 aromatic rings. The predicted octanol–water partition coefficient (Wildman–Crippen LogP) is 2.19. The maximum atomic E-state index is 5.87. The summed E-state index contributed by atoms with van der Waals surface area (Å²) >= 11 is 1.64. The van der Waals surface area contributed by atoms with E-state index in [1.54, 1.807) is 17.5 Å². The number of fused-ring (bicyclic) bond motifs is 1. The second kappa shape index (κ2) is 5.86. The van der Waals surface area contributed by atoms with Crippen molar-refractivity contribution in [3.05, 3.63) is 30.4 Å². The zero-order valence-corrected chi connectivity index (χ0v) is 15.0. The lowest BCUT2D eigenvalue weighted by Crippen LogP contribution is -2.44. The van der Waals surface area contributed by atoms with Crippen molar-refractivity contribution in [3.63, 3.8) is 0 Å². The van der Waals surface area contributed by atoms with Crippen LogP contribution in [0, 0.1) is 0 Å². The van der Waals surface area contributed by atoms with Gasteiger partial charge in [0.1, 0.15) is 0 Å². The third kappa shape index (κ3) is 3.03. The van der Waals surface area contributed by atoms with Crippen LogP contribution in [-0.4, -0.2) is 50.2 Å². The fourth-order valence-corrected chi connectivity index (χ4v) is 3.72. The summed E-state index contributed by atoms with van der Waals surface area (Å²) < 4.78 is 9.69. The van der Waals surface area contributed by atoms with Crippen LogP contribution in [0.15, 0.2) is 24.7 Å². The van der Waals surface area contributed by atoms with Crippen molar-refractivity contribution in [1.82, 2.24) is 24.4 Å². The minimum Gasteiger partial charge on any atom is -0.373 e. The van der Waals surface area contributed by atoms with Crippen LogP contribution in [0.1, 0.15) is 26.5 Å². The number of morpholine rings is 1.